The Bertz CT molecular complexity index is 2410. The Kier molecular flexibility index (Phi) is 22.9. The standard InChI is InChI=1S/C55H61N9O9.ClH/c56-46(28-31-59-53(68)71-34-37-10-4-1-5-11-37)50(65)62-43-22-16-40(17-23-43)49(41-18-24-44(25-19-41)63-51(66)47(57)29-32-60-54(69)72-35-38-12-6-2-7-13-38)42-20-26-45(27-21-42)64-52(67)48(58)30-33-61-55(70)73-36-39-14-8-3-9-15-39;/h1-27,46-49H,28-36,56-58H2,(H,59,68)(H,60,69)(H,61,70)(H,62,65)(H,63,66)(H,64,67);1H/t46-,47-,48-;/m0./s1. The fourth-order valence-electron chi connectivity index (χ4n) is 7.26. The van der Waals surface area contributed by atoms with Crippen LogP contribution in [-0.2, 0) is 48.4 Å². The molecule has 6 rings (SSSR count). The number of halogens is 1. The number of nitrogens with two attached hydrogens (primary N) is 3. The number of benzene rings is 6. The summed E-state index contributed by atoms with van der Waals surface area (Å²) < 4.78 is 15.7. The van der Waals surface area contributed by atoms with Crippen molar-refractivity contribution < 1.29 is 43.0 Å². The second kappa shape index (κ2) is 29.9. The molecule has 6 aromatic carbocycles. The second-order valence-corrected chi connectivity index (χ2v) is 16.9. The van der Waals surface area contributed by atoms with Gasteiger partial charge in [0.25, 0.3) is 0 Å². The molecule has 0 aliphatic heterocycles. The van der Waals surface area contributed by atoms with Crippen molar-refractivity contribution in [1.82, 2.24) is 16.0 Å². The van der Waals surface area contributed by atoms with Gasteiger partial charge in [-0.2, -0.15) is 0 Å². The summed E-state index contributed by atoms with van der Waals surface area (Å²) in [6.07, 6.45) is -1.34. The number of nitrogens with one attached hydrogen (secondary N) is 6. The molecule has 0 saturated heterocycles. The summed E-state index contributed by atoms with van der Waals surface area (Å²) in [6, 6.07) is 46.8. The number of alkyl carbamates (subject to hydrolysis) is 3. The summed E-state index contributed by atoms with van der Waals surface area (Å²) in [5.74, 6) is -1.67. The number of hydrogen-bond donors (Lipinski definition) is 9. The molecule has 12 N–H and O–H groups in total. The molecule has 0 heterocycles. The largest absolute Gasteiger partial charge is 0.445 e. The highest BCUT2D eigenvalue weighted by Crippen LogP contribution is 2.34. The van der Waals surface area contributed by atoms with Crippen LogP contribution < -0.4 is 49.1 Å². The first kappa shape index (κ1) is 56.6. The number of hydrogen-bond acceptors (Lipinski definition) is 12. The van der Waals surface area contributed by atoms with Crippen LogP contribution in [0.4, 0.5) is 31.4 Å². The molecule has 0 fully saturated rings. The maximum absolute atomic E-state index is 13.1. The molecule has 388 valence electrons. The van der Waals surface area contributed by atoms with Crippen LogP contribution >= 0.6 is 12.4 Å². The summed E-state index contributed by atoms with van der Waals surface area (Å²) in [5, 5.41) is 16.4. The van der Waals surface area contributed by atoms with Gasteiger partial charge in [-0.25, -0.2) is 14.4 Å². The highest BCUT2D eigenvalue weighted by atomic mass is 35.5. The first-order valence-corrected chi connectivity index (χ1v) is 23.7. The van der Waals surface area contributed by atoms with Gasteiger partial charge in [-0.15, -0.1) is 12.4 Å². The maximum atomic E-state index is 13.1. The van der Waals surface area contributed by atoms with E-state index < -0.39 is 54.1 Å². The van der Waals surface area contributed by atoms with Gasteiger partial charge < -0.3 is 63.3 Å². The molecule has 18 nitrogen and oxygen atoms in total. The first-order chi connectivity index (χ1) is 35.4. The van der Waals surface area contributed by atoms with Crippen LogP contribution in [0.25, 0.3) is 0 Å². The average molecular weight is 1030 g/mol. The summed E-state index contributed by atoms with van der Waals surface area (Å²) in [4.78, 5) is 75.7. The van der Waals surface area contributed by atoms with E-state index in [1.165, 1.54) is 0 Å². The number of carbonyl (C=O) groups is 6. The van der Waals surface area contributed by atoms with Crippen molar-refractivity contribution in [2.24, 2.45) is 17.2 Å². The van der Waals surface area contributed by atoms with E-state index in [2.05, 4.69) is 31.9 Å². The van der Waals surface area contributed by atoms with Gasteiger partial charge in [-0.05, 0) is 89.0 Å². The highest BCUT2D eigenvalue weighted by Gasteiger charge is 2.21. The Morgan fingerprint density at radius 3 is 0.851 bits per heavy atom. The molecule has 6 amide bonds. The zero-order chi connectivity index (χ0) is 51.8. The van der Waals surface area contributed by atoms with Gasteiger partial charge in [-0.1, -0.05) is 127 Å². The van der Waals surface area contributed by atoms with Crippen LogP contribution in [0.15, 0.2) is 164 Å². The normalized spacial score (nSPS) is 11.8. The Morgan fingerprint density at radius 1 is 0.365 bits per heavy atom. The number of rotatable bonds is 24. The lowest BCUT2D eigenvalue weighted by molar-refractivity contribution is -0.118. The van der Waals surface area contributed by atoms with Crippen molar-refractivity contribution in [3.05, 3.63) is 197 Å². The van der Waals surface area contributed by atoms with Crippen molar-refractivity contribution in [1.29, 1.82) is 0 Å². The van der Waals surface area contributed by atoms with E-state index in [4.69, 9.17) is 31.4 Å². The molecule has 0 radical (unpaired) electrons. The molecule has 74 heavy (non-hydrogen) atoms. The molecule has 0 saturated carbocycles. The summed E-state index contributed by atoms with van der Waals surface area (Å²) in [6.45, 7) is 0.729. The zero-order valence-electron chi connectivity index (χ0n) is 40.6. The lowest BCUT2D eigenvalue weighted by Crippen LogP contribution is -2.39. The second-order valence-electron chi connectivity index (χ2n) is 16.9. The highest BCUT2D eigenvalue weighted by molar-refractivity contribution is 5.96. The Hall–Kier alpha value is -8.29. The van der Waals surface area contributed by atoms with E-state index in [1.807, 2.05) is 127 Å². The third-order valence-corrected chi connectivity index (χ3v) is 11.4. The van der Waals surface area contributed by atoms with E-state index in [0.29, 0.717) is 17.1 Å². The predicted molar refractivity (Wildman–Crippen MR) is 285 cm³/mol. The fraction of sp³-hybridized carbons (Fsp3) is 0.236. The summed E-state index contributed by atoms with van der Waals surface area (Å²) >= 11 is 0. The Balaban J connectivity index is 0.0000101. The monoisotopic (exact) mass is 1030 g/mol. The molecule has 0 unspecified atom stereocenters. The Morgan fingerprint density at radius 2 is 0.608 bits per heavy atom. The van der Waals surface area contributed by atoms with Crippen molar-refractivity contribution in [2.45, 2.75) is 63.1 Å². The number of carbonyl (C=O) groups excluding carboxylic acids is 6. The minimum Gasteiger partial charge on any atom is -0.445 e. The van der Waals surface area contributed by atoms with Crippen LogP contribution in [-0.4, -0.2) is 73.8 Å². The minimum absolute atomic E-state index is 0. The quantitative estimate of drug-likeness (QED) is 0.0218. The molecule has 0 aliphatic rings. The van der Waals surface area contributed by atoms with Gasteiger partial charge in [0.15, 0.2) is 0 Å². The third kappa shape index (κ3) is 19.0. The minimum atomic E-state index is -0.916. The smallest absolute Gasteiger partial charge is 0.407 e. The molecule has 0 spiro atoms. The summed E-state index contributed by atoms with van der Waals surface area (Å²) in [5.41, 5.74) is 25.1. The van der Waals surface area contributed by atoms with Crippen LogP contribution in [0.1, 0.15) is 58.6 Å². The number of amides is 6. The molecule has 0 bridgehead atoms. The van der Waals surface area contributed by atoms with Gasteiger partial charge in [0.1, 0.15) is 19.8 Å². The predicted octanol–water partition coefficient (Wildman–Crippen LogP) is 7.04. The molecule has 0 aliphatic carbocycles. The average Bonchev–Trinajstić information content (AvgIpc) is 3.41. The van der Waals surface area contributed by atoms with Crippen LogP contribution in [0.3, 0.4) is 0 Å². The molecule has 0 aromatic heterocycles. The van der Waals surface area contributed by atoms with Crippen molar-refractivity contribution >= 4 is 65.5 Å². The lowest BCUT2D eigenvalue weighted by atomic mass is 9.85. The van der Waals surface area contributed by atoms with Gasteiger partial charge in [-0.3, -0.25) is 14.4 Å². The van der Waals surface area contributed by atoms with Crippen molar-refractivity contribution in [3.63, 3.8) is 0 Å². The lowest BCUT2D eigenvalue weighted by Gasteiger charge is -2.21. The topological polar surface area (TPSA) is 280 Å². The van der Waals surface area contributed by atoms with Gasteiger partial charge in [0, 0.05) is 42.6 Å². The van der Waals surface area contributed by atoms with E-state index in [9.17, 15) is 28.8 Å². The van der Waals surface area contributed by atoms with Gasteiger partial charge in [0.2, 0.25) is 17.7 Å². The van der Waals surface area contributed by atoms with E-state index in [1.54, 1.807) is 36.4 Å². The van der Waals surface area contributed by atoms with Gasteiger partial charge >= 0.3 is 18.3 Å². The molecule has 6 aromatic rings. The molecule has 19 heteroatoms. The van der Waals surface area contributed by atoms with Crippen molar-refractivity contribution in [3.8, 4) is 0 Å². The van der Waals surface area contributed by atoms with Gasteiger partial charge in [0.05, 0.1) is 18.1 Å². The summed E-state index contributed by atoms with van der Waals surface area (Å²) in [7, 11) is 0. The van der Waals surface area contributed by atoms with Crippen LogP contribution in [0.2, 0.25) is 0 Å². The molecular weight excluding hydrogens is 966 g/mol. The maximum Gasteiger partial charge on any atom is 0.407 e. The third-order valence-electron chi connectivity index (χ3n) is 11.4. The van der Waals surface area contributed by atoms with E-state index in [0.717, 1.165) is 33.4 Å². The molecular formula is C55H62ClN9O9. The van der Waals surface area contributed by atoms with Crippen molar-refractivity contribution in [2.75, 3.05) is 35.6 Å². The van der Waals surface area contributed by atoms with Crippen LogP contribution in [0, 0.1) is 0 Å². The fourth-order valence-corrected chi connectivity index (χ4v) is 7.26. The Labute approximate surface area is 435 Å². The first-order valence-electron chi connectivity index (χ1n) is 23.7. The van der Waals surface area contributed by atoms with E-state index >= 15 is 0 Å². The molecule has 3 atom stereocenters. The zero-order valence-corrected chi connectivity index (χ0v) is 41.4. The number of anilines is 3. The SMILES string of the molecule is Cl.N[C@@H](CCNC(=O)OCc1ccccc1)C(=O)Nc1ccc(C(c2ccc(NC(=O)[C@@H](N)CCNC(=O)OCc3ccccc3)cc2)c2ccc(NC(=O)[C@@H](N)CCNC(=O)OCc3ccccc3)cc2)cc1. The van der Waals surface area contributed by atoms with Crippen LogP contribution in [0.5, 0.6) is 0 Å². The number of ether oxygens (including phenoxy) is 3. The van der Waals surface area contributed by atoms with E-state index in [-0.39, 0.29) is 77.0 Å².